The van der Waals surface area contributed by atoms with Gasteiger partial charge >= 0.3 is 6.36 Å². The van der Waals surface area contributed by atoms with Crippen molar-refractivity contribution in [3.8, 4) is 16.9 Å². The van der Waals surface area contributed by atoms with Crippen LogP contribution in [0.4, 0.5) is 13.2 Å². The Morgan fingerprint density at radius 3 is 2.43 bits per heavy atom. The summed E-state index contributed by atoms with van der Waals surface area (Å²) in [6, 6.07) is 11.4. The lowest BCUT2D eigenvalue weighted by Crippen LogP contribution is -2.16. The molecule has 21 heavy (non-hydrogen) atoms. The minimum absolute atomic E-state index is 0.237. The van der Waals surface area contributed by atoms with E-state index >= 15 is 0 Å². The number of halogens is 3. The molecule has 2 aromatic carbocycles. The van der Waals surface area contributed by atoms with Crippen molar-refractivity contribution in [2.45, 2.75) is 25.3 Å². The van der Waals surface area contributed by atoms with E-state index in [2.05, 4.69) is 4.74 Å². The number of fused-ring (bicyclic) bond motifs is 1. The summed E-state index contributed by atoms with van der Waals surface area (Å²) >= 11 is 0. The lowest BCUT2D eigenvalue weighted by molar-refractivity contribution is -0.274. The Balaban J connectivity index is 1.92. The number of ether oxygens (including phenoxy) is 1. The van der Waals surface area contributed by atoms with E-state index in [4.69, 9.17) is 0 Å². The van der Waals surface area contributed by atoms with Crippen LogP contribution in [0.15, 0.2) is 42.5 Å². The molecule has 1 N–H and O–H groups in total. The molecule has 0 radical (unpaired) electrons. The van der Waals surface area contributed by atoms with Crippen LogP contribution in [0.1, 0.15) is 23.7 Å². The van der Waals surface area contributed by atoms with Gasteiger partial charge in [0.05, 0.1) is 6.10 Å². The van der Waals surface area contributed by atoms with Crippen LogP contribution < -0.4 is 4.74 Å². The van der Waals surface area contributed by atoms with Crippen molar-refractivity contribution in [1.82, 2.24) is 0 Å². The fourth-order valence-electron chi connectivity index (χ4n) is 2.74. The molecule has 0 heterocycles. The smallest absolute Gasteiger partial charge is 0.406 e. The maximum absolute atomic E-state index is 12.1. The molecule has 1 aliphatic rings. The second kappa shape index (κ2) is 5.07. The lowest BCUT2D eigenvalue weighted by atomic mass is 9.97. The summed E-state index contributed by atoms with van der Waals surface area (Å²) < 4.78 is 40.3. The number of hydrogen-bond donors (Lipinski definition) is 1. The average Bonchev–Trinajstić information content (AvgIpc) is 2.80. The number of alkyl halides is 3. The molecule has 0 saturated heterocycles. The molecule has 5 heteroatoms. The normalized spacial score (nSPS) is 17.6. The highest BCUT2D eigenvalue weighted by atomic mass is 19.4. The first-order chi connectivity index (χ1) is 9.94. The van der Waals surface area contributed by atoms with Gasteiger partial charge in [-0.15, -0.1) is 13.2 Å². The number of rotatable bonds is 2. The van der Waals surface area contributed by atoms with Crippen molar-refractivity contribution in [1.29, 1.82) is 0 Å². The predicted octanol–water partition coefficient (Wildman–Crippen LogP) is 4.23. The van der Waals surface area contributed by atoms with Gasteiger partial charge in [-0.2, -0.15) is 0 Å². The van der Waals surface area contributed by atoms with Gasteiger partial charge in [-0.1, -0.05) is 30.3 Å². The molecule has 1 atom stereocenters. The summed E-state index contributed by atoms with van der Waals surface area (Å²) in [5.41, 5.74) is 3.73. The second-order valence-electron chi connectivity index (χ2n) is 5.00. The second-order valence-corrected chi connectivity index (χ2v) is 5.00. The van der Waals surface area contributed by atoms with E-state index in [1.165, 1.54) is 12.1 Å². The van der Waals surface area contributed by atoms with Crippen molar-refractivity contribution >= 4 is 0 Å². The summed E-state index contributed by atoms with van der Waals surface area (Å²) in [6.45, 7) is 0. The van der Waals surface area contributed by atoms with Crippen LogP contribution >= 0.6 is 0 Å². The summed E-state index contributed by atoms with van der Waals surface area (Å²) in [4.78, 5) is 0. The van der Waals surface area contributed by atoms with Gasteiger partial charge in [0.2, 0.25) is 0 Å². The Bertz CT molecular complexity index is 648. The zero-order valence-corrected chi connectivity index (χ0v) is 11.0. The van der Waals surface area contributed by atoms with E-state index in [0.717, 1.165) is 28.7 Å². The molecule has 2 aromatic rings. The monoisotopic (exact) mass is 294 g/mol. The molecule has 0 spiro atoms. The predicted molar refractivity (Wildman–Crippen MR) is 71.8 cm³/mol. The van der Waals surface area contributed by atoms with E-state index < -0.39 is 12.5 Å². The van der Waals surface area contributed by atoms with Gasteiger partial charge in [0.25, 0.3) is 0 Å². The lowest BCUT2D eigenvalue weighted by Gasteiger charge is -2.12. The van der Waals surface area contributed by atoms with Crippen molar-refractivity contribution in [3.05, 3.63) is 53.6 Å². The minimum atomic E-state index is -4.68. The van der Waals surface area contributed by atoms with Crippen LogP contribution in [0.5, 0.6) is 5.75 Å². The summed E-state index contributed by atoms with van der Waals surface area (Å²) in [5.74, 6) is -0.237. The maximum atomic E-state index is 12.1. The van der Waals surface area contributed by atoms with Gasteiger partial charge in [-0.3, -0.25) is 0 Å². The third-order valence-corrected chi connectivity index (χ3v) is 3.64. The van der Waals surface area contributed by atoms with Crippen molar-refractivity contribution in [2.24, 2.45) is 0 Å². The fourth-order valence-corrected chi connectivity index (χ4v) is 2.74. The molecule has 3 rings (SSSR count). The van der Waals surface area contributed by atoms with E-state index in [1.54, 1.807) is 12.1 Å². The maximum Gasteiger partial charge on any atom is 0.573 e. The Labute approximate surface area is 119 Å². The zero-order chi connectivity index (χ0) is 15.0. The molecule has 1 unspecified atom stereocenters. The molecule has 0 saturated carbocycles. The number of hydrogen-bond acceptors (Lipinski definition) is 2. The van der Waals surface area contributed by atoms with Crippen LogP contribution in [0.2, 0.25) is 0 Å². The average molecular weight is 294 g/mol. The molecule has 0 aliphatic heterocycles. The fraction of sp³-hybridized carbons (Fsp3) is 0.250. The molecular weight excluding hydrogens is 281 g/mol. The molecular formula is C16H13F3O2. The Morgan fingerprint density at radius 1 is 1.05 bits per heavy atom. The van der Waals surface area contributed by atoms with E-state index in [9.17, 15) is 18.3 Å². The van der Waals surface area contributed by atoms with Gasteiger partial charge in [-0.25, -0.2) is 0 Å². The van der Waals surface area contributed by atoms with Crippen LogP contribution in [0.25, 0.3) is 11.1 Å². The Hall–Kier alpha value is -2.01. The first kappa shape index (κ1) is 13.9. The van der Waals surface area contributed by atoms with Gasteiger partial charge in [0.1, 0.15) is 5.75 Å². The first-order valence-corrected chi connectivity index (χ1v) is 6.60. The third-order valence-electron chi connectivity index (χ3n) is 3.64. The number of benzene rings is 2. The third kappa shape index (κ3) is 2.88. The Morgan fingerprint density at radius 2 is 1.76 bits per heavy atom. The summed E-state index contributed by atoms with van der Waals surface area (Å²) in [5, 5.41) is 9.88. The largest absolute Gasteiger partial charge is 0.573 e. The van der Waals surface area contributed by atoms with E-state index in [0.29, 0.717) is 6.42 Å². The highest BCUT2D eigenvalue weighted by molar-refractivity contribution is 5.70. The number of aliphatic hydroxyl groups is 1. The van der Waals surface area contributed by atoms with Gasteiger partial charge in [0, 0.05) is 0 Å². The topological polar surface area (TPSA) is 29.5 Å². The quantitative estimate of drug-likeness (QED) is 0.898. The molecule has 0 aromatic heterocycles. The van der Waals surface area contributed by atoms with Gasteiger partial charge < -0.3 is 9.84 Å². The van der Waals surface area contributed by atoms with E-state index in [1.807, 2.05) is 18.2 Å². The van der Waals surface area contributed by atoms with Gasteiger partial charge in [0.15, 0.2) is 0 Å². The Kier molecular flexibility index (Phi) is 3.37. The SMILES string of the molecule is OC1CCc2c(-c3ccc(OC(F)(F)F)cc3)cccc21. The van der Waals surface area contributed by atoms with Crippen molar-refractivity contribution in [3.63, 3.8) is 0 Å². The molecule has 0 amide bonds. The molecule has 2 nitrogen and oxygen atoms in total. The van der Waals surface area contributed by atoms with Crippen molar-refractivity contribution in [2.75, 3.05) is 0 Å². The minimum Gasteiger partial charge on any atom is -0.406 e. The molecule has 1 aliphatic carbocycles. The van der Waals surface area contributed by atoms with Crippen LogP contribution in [0.3, 0.4) is 0 Å². The summed E-state index contributed by atoms with van der Waals surface area (Å²) in [7, 11) is 0. The highest BCUT2D eigenvalue weighted by Gasteiger charge is 2.31. The van der Waals surface area contributed by atoms with Crippen LogP contribution in [-0.4, -0.2) is 11.5 Å². The van der Waals surface area contributed by atoms with Crippen LogP contribution in [0, 0.1) is 0 Å². The zero-order valence-electron chi connectivity index (χ0n) is 11.0. The first-order valence-electron chi connectivity index (χ1n) is 6.60. The molecule has 0 bridgehead atoms. The highest BCUT2D eigenvalue weighted by Crippen LogP contribution is 2.38. The van der Waals surface area contributed by atoms with Crippen molar-refractivity contribution < 1.29 is 23.0 Å². The van der Waals surface area contributed by atoms with E-state index in [-0.39, 0.29) is 5.75 Å². The number of aliphatic hydroxyl groups excluding tert-OH is 1. The molecule has 0 fully saturated rings. The summed E-state index contributed by atoms with van der Waals surface area (Å²) in [6.07, 6.45) is -3.68. The standard InChI is InChI=1S/C16H13F3O2/c17-16(18,19)21-11-6-4-10(5-7-11)12-2-1-3-14-13(12)8-9-15(14)20/h1-7,15,20H,8-9H2. The van der Waals surface area contributed by atoms with Crippen LogP contribution in [-0.2, 0) is 6.42 Å². The molecule has 110 valence electrons. The van der Waals surface area contributed by atoms with Gasteiger partial charge in [-0.05, 0) is 47.2 Å².